The SMILES string of the molecule is CC(NC(=O)C(=O)OC(C)(C)C)c1ccccc1. The van der Waals surface area contributed by atoms with Crippen molar-refractivity contribution in [1.82, 2.24) is 5.32 Å². The number of hydrogen-bond donors (Lipinski definition) is 1. The van der Waals surface area contributed by atoms with E-state index in [-0.39, 0.29) is 6.04 Å². The van der Waals surface area contributed by atoms with Crippen LogP contribution in [-0.4, -0.2) is 17.5 Å². The molecule has 0 fully saturated rings. The van der Waals surface area contributed by atoms with Crippen molar-refractivity contribution in [1.29, 1.82) is 0 Å². The molecule has 0 heterocycles. The average Bonchev–Trinajstić information content (AvgIpc) is 2.27. The third-order valence-electron chi connectivity index (χ3n) is 2.23. The number of rotatable bonds is 2. The number of benzene rings is 1. The summed E-state index contributed by atoms with van der Waals surface area (Å²) in [5.74, 6) is -1.58. The highest BCUT2D eigenvalue weighted by Gasteiger charge is 2.24. The van der Waals surface area contributed by atoms with Crippen molar-refractivity contribution in [2.24, 2.45) is 0 Å². The van der Waals surface area contributed by atoms with Gasteiger partial charge in [-0.15, -0.1) is 0 Å². The van der Waals surface area contributed by atoms with E-state index in [0.717, 1.165) is 5.56 Å². The smallest absolute Gasteiger partial charge is 0.397 e. The Bertz CT molecular complexity index is 420. The van der Waals surface area contributed by atoms with Gasteiger partial charge in [-0.1, -0.05) is 30.3 Å². The zero-order valence-corrected chi connectivity index (χ0v) is 11.2. The second-order valence-electron chi connectivity index (χ2n) is 5.11. The van der Waals surface area contributed by atoms with Crippen LogP contribution in [0.5, 0.6) is 0 Å². The summed E-state index contributed by atoms with van der Waals surface area (Å²) < 4.78 is 4.99. The van der Waals surface area contributed by atoms with E-state index in [4.69, 9.17) is 4.74 Å². The maximum Gasteiger partial charge on any atom is 0.397 e. The lowest BCUT2D eigenvalue weighted by Crippen LogP contribution is -2.38. The highest BCUT2D eigenvalue weighted by atomic mass is 16.6. The van der Waals surface area contributed by atoms with E-state index < -0.39 is 17.5 Å². The Morgan fingerprint density at radius 2 is 1.72 bits per heavy atom. The van der Waals surface area contributed by atoms with E-state index in [0.29, 0.717) is 0 Å². The topological polar surface area (TPSA) is 55.4 Å². The van der Waals surface area contributed by atoms with Gasteiger partial charge in [0.2, 0.25) is 0 Å². The Morgan fingerprint density at radius 1 is 1.17 bits per heavy atom. The van der Waals surface area contributed by atoms with E-state index in [1.54, 1.807) is 20.8 Å². The Labute approximate surface area is 107 Å². The predicted octanol–water partition coefficient (Wildman–Crippen LogP) is 2.21. The number of hydrogen-bond acceptors (Lipinski definition) is 3. The third kappa shape index (κ3) is 4.57. The summed E-state index contributed by atoms with van der Waals surface area (Å²) in [4.78, 5) is 23.1. The van der Waals surface area contributed by atoms with Crippen LogP contribution in [0.2, 0.25) is 0 Å². The van der Waals surface area contributed by atoms with Crippen molar-refractivity contribution in [3.05, 3.63) is 35.9 Å². The van der Waals surface area contributed by atoms with Gasteiger partial charge in [-0.2, -0.15) is 0 Å². The highest BCUT2D eigenvalue weighted by Crippen LogP contribution is 2.12. The fourth-order valence-corrected chi connectivity index (χ4v) is 1.41. The van der Waals surface area contributed by atoms with Gasteiger partial charge in [0.25, 0.3) is 0 Å². The zero-order valence-electron chi connectivity index (χ0n) is 11.2. The van der Waals surface area contributed by atoms with Crippen LogP contribution < -0.4 is 5.32 Å². The summed E-state index contributed by atoms with van der Waals surface area (Å²) in [6, 6.07) is 9.20. The van der Waals surface area contributed by atoms with Crippen LogP contribution in [0.25, 0.3) is 0 Å². The summed E-state index contributed by atoms with van der Waals surface area (Å²) in [7, 11) is 0. The molecule has 1 unspecified atom stereocenters. The molecule has 0 spiro atoms. The average molecular weight is 249 g/mol. The van der Waals surface area contributed by atoms with Crippen molar-refractivity contribution in [3.8, 4) is 0 Å². The standard InChI is InChI=1S/C14H19NO3/c1-10(11-8-6-5-7-9-11)15-12(16)13(17)18-14(2,3)4/h5-10H,1-4H3,(H,15,16). The summed E-state index contributed by atoms with van der Waals surface area (Å²) in [6.07, 6.45) is 0. The van der Waals surface area contributed by atoms with Crippen molar-refractivity contribution in [3.63, 3.8) is 0 Å². The molecular formula is C14H19NO3. The monoisotopic (exact) mass is 249 g/mol. The molecule has 1 N–H and O–H groups in total. The first kappa shape index (κ1) is 14.2. The minimum absolute atomic E-state index is 0.230. The third-order valence-corrected chi connectivity index (χ3v) is 2.23. The number of carbonyl (C=O) groups excluding carboxylic acids is 2. The van der Waals surface area contributed by atoms with Gasteiger partial charge in [0.05, 0.1) is 6.04 Å². The molecule has 1 atom stereocenters. The Balaban J connectivity index is 2.58. The van der Waals surface area contributed by atoms with E-state index >= 15 is 0 Å². The molecule has 98 valence electrons. The first-order chi connectivity index (χ1) is 8.29. The molecule has 1 aromatic rings. The molecule has 0 radical (unpaired) electrons. The molecular weight excluding hydrogens is 230 g/mol. The van der Waals surface area contributed by atoms with Crippen LogP contribution in [0.1, 0.15) is 39.3 Å². The molecule has 0 aliphatic rings. The van der Waals surface area contributed by atoms with Gasteiger partial charge in [0.1, 0.15) is 5.60 Å². The van der Waals surface area contributed by atoms with Gasteiger partial charge in [-0.3, -0.25) is 4.79 Å². The molecule has 0 bridgehead atoms. The number of carbonyl (C=O) groups is 2. The van der Waals surface area contributed by atoms with Crippen LogP contribution in [0, 0.1) is 0 Å². The molecule has 1 aromatic carbocycles. The first-order valence-corrected chi connectivity index (χ1v) is 5.88. The summed E-state index contributed by atoms with van der Waals surface area (Å²) in [6.45, 7) is 6.98. The Kier molecular flexibility index (Phi) is 4.48. The van der Waals surface area contributed by atoms with E-state index in [1.807, 2.05) is 37.3 Å². The Morgan fingerprint density at radius 3 is 2.22 bits per heavy atom. The van der Waals surface area contributed by atoms with E-state index in [1.165, 1.54) is 0 Å². The van der Waals surface area contributed by atoms with Crippen LogP contribution in [-0.2, 0) is 14.3 Å². The number of nitrogens with one attached hydrogen (secondary N) is 1. The molecule has 18 heavy (non-hydrogen) atoms. The van der Waals surface area contributed by atoms with Crippen molar-refractivity contribution in [2.75, 3.05) is 0 Å². The van der Waals surface area contributed by atoms with E-state index in [9.17, 15) is 9.59 Å². The fraction of sp³-hybridized carbons (Fsp3) is 0.429. The molecule has 1 amide bonds. The van der Waals surface area contributed by atoms with E-state index in [2.05, 4.69) is 5.32 Å². The summed E-state index contributed by atoms with van der Waals surface area (Å²) in [5, 5.41) is 2.61. The maximum absolute atomic E-state index is 11.6. The van der Waals surface area contributed by atoms with Gasteiger partial charge in [0, 0.05) is 0 Å². The van der Waals surface area contributed by atoms with Crippen molar-refractivity contribution in [2.45, 2.75) is 39.3 Å². The fourth-order valence-electron chi connectivity index (χ4n) is 1.41. The highest BCUT2D eigenvalue weighted by molar-refractivity contribution is 6.32. The molecule has 1 rings (SSSR count). The number of amides is 1. The Hall–Kier alpha value is -1.84. The predicted molar refractivity (Wildman–Crippen MR) is 68.8 cm³/mol. The molecule has 0 aliphatic carbocycles. The van der Waals surface area contributed by atoms with Crippen LogP contribution in [0.3, 0.4) is 0 Å². The lowest BCUT2D eigenvalue weighted by molar-refractivity contribution is -0.163. The molecule has 0 aliphatic heterocycles. The van der Waals surface area contributed by atoms with Gasteiger partial charge >= 0.3 is 11.9 Å². The minimum atomic E-state index is -0.856. The van der Waals surface area contributed by atoms with Crippen LogP contribution in [0.4, 0.5) is 0 Å². The molecule has 0 saturated carbocycles. The van der Waals surface area contributed by atoms with Gasteiger partial charge in [0.15, 0.2) is 0 Å². The van der Waals surface area contributed by atoms with Crippen LogP contribution >= 0.6 is 0 Å². The maximum atomic E-state index is 11.6. The molecule has 0 aromatic heterocycles. The van der Waals surface area contributed by atoms with Gasteiger partial charge in [-0.25, -0.2) is 4.79 Å². The van der Waals surface area contributed by atoms with Crippen molar-refractivity contribution >= 4 is 11.9 Å². The summed E-state index contributed by atoms with van der Waals surface area (Å²) >= 11 is 0. The number of ether oxygens (including phenoxy) is 1. The zero-order chi connectivity index (χ0) is 13.8. The lowest BCUT2D eigenvalue weighted by atomic mass is 10.1. The largest absolute Gasteiger partial charge is 0.453 e. The molecule has 4 nitrogen and oxygen atoms in total. The molecule has 4 heteroatoms. The first-order valence-electron chi connectivity index (χ1n) is 5.88. The second kappa shape index (κ2) is 5.67. The lowest BCUT2D eigenvalue weighted by Gasteiger charge is -2.20. The second-order valence-corrected chi connectivity index (χ2v) is 5.11. The normalized spacial score (nSPS) is 12.7. The van der Waals surface area contributed by atoms with Crippen LogP contribution in [0.15, 0.2) is 30.3 Å². The van der Waals surface area contributed by atoms with Gasteiger partial charge in [-0.05, 0) is 33.3 Å². The number of esters is 1. The molecule has 0 saturated heterocycles. The quantitative estimate of drug-likeness (QED) is 0.645. The van der Waals surface area contributed by atoms with Gasteiger partial charge < -0.3 is 10.1 Å². The minimum Gasteiger partial charge on any atom is -0.453 e. The summed E-state index contributed by atoms with van der Waals surface area (Å²) in [5.41, 5.74) is 0.277. The van der Waals surface area contributed by atoms with Crippen molar-refractivity contribution < 1.29 is 14.3 Å².